The molecule has 0 saturated heterocycles. The lowest BCUT2D eigenvalue weighted by Crippen LogP contribution is -2.50. The first-order chi connectivity index (χ1) is 22.0. The minimum Gasteiger partial charge on any atom is -0.292 e. The molecule has 0 aliphatic heterocycles. The largest absolute Gasteiger partial charge is 0.292 e. The van der Waals surface area contributed by atoms with Gasteiger partial charge in [0.05, 0.1) is 0 Å². The van der Waals surface area contributed by atoms with Crippen LogP contribution in [0.3, 0.4) is 0 Å². The van der Waals surface area contributed by atoms with E-state index in [9.17, 15) is 4.79 Å². The summed E-state index contributed by atoms with van der Waals surface area (Å²) in [7, 11) is 0. The van der Waals surface area contributed by atoms with Gasteiger partial charge in [0.1, 0.15) is 0 Å². The summed E-state index contributed by atoms with van der Waals surface area (Å²) in [6, 6.07) is 45.2. The maximum atomic E-state index is 15.3. The monoisotopic (exact) mass is 582 g/mol. The van der Waals surface area contributed by atoms with Crippen molar-refractivity contribution >= 4 is 39.5 Å². The first-order valence-electron chi connectivity index (χ1n) is 14.7. The lowest BCUT2D eigenvalue weighted by atomic mass is 9.57. The lowest BCUT2D eigenvalue weighted by molar-refractivity contribution is 0.0771. The van der Waals surface area contributed by atoms with E-state index in [1.165, 1.54) is 0 Å². The smallest absolute Gasteiger partial charge is 0.194 e. The second-order valence-electron chi connectivity index (χ2n) is 11.0. The van der Waals surface area contributed by atoms with Crippen molar-refractivity contribution in [1.82, 2.24) is 0 Å². The van der Waals surface area contributed by atoms with E-state index in [2.05, 4.69) is 0 Å². The van der Waals surface area contributed by atoms with E-state index >= 15 is 14.4 Å². The molecule has 1 aliphatic rings. The second-order valence-corrected chi connectivity index (χ2v) is 11.0. The van der Waals surface area contributed by atoms with Crippen LogP contribution in [0.4, 0.5) is 0 Å². The molecule has 4 nitrogen and oxygen atoms in total. The summed E-state index contributed by atoms with van der Waals surface area (Å²) in [5.41, 5.74) is -0.270. The zero-order valence-electron chi connectivity index (χ0n) is 24.1. The Morgan fingerprint density at radius 3 is 1.31 bits per heavy atom. The Hall–Kier alpha value is -6.00. The van der Waals surface area contributed by atoms with Gasteiger partial charge in [0.2, 0.25) is 0 Å². The van der Waals surface area contributed by atoms with Crippen LogP contribution in [-0.2, 0) is 5.41 Å². The fourth-order valence-electron chi connectivity index (χ4n) is 6.49. The number of allylic oxidation sites excluding steroid dienone is 2. The SMILES string of the molecule is O=C(C1=C(C(=O)c2ccccc2)C(C(=O)c2ccccc2)(C(=O)c2ccccc2)c2cccc3cccc1c23)c1ccccc1. The molecule has 45 heavy (non-hydrogen) atoms. The summed E-state index contributed by atoms with van der Waals surface area (Å²) in [5.74, 6) is -2.15. The van der Waals surface area contributed by atoms with E-state index in [0.717, 1.165) is 5.39 Å². The van der Waals surface area contributed by atoms with E-state index in [-0.39, 0.29) is 27.8 Å². The van der Waals surface area contributed by atoms with E-state index in [1.807, 2.05) is 18.2 Å². The molecule has 7 rings (SSSR count). The van der Waals surface area contributed by atoms with Crippen molar-refractivity contribution in [2.75, 3.05) is 0 Å². The van der Waals surface area contributed by atoms with E-state index in [0.29, 0.717) is 22.1 Å². The third-order valence-corrected chi connectivity index (χ3v) is 8.48. The van der Waals surface area contributed by atoms with Crippen molar-refractivity contribution < 1.29 is 19.2 Å². The quantitative estimate of drug-likeness (QED) is 0.134. The predicted molar refractivity (Wildman–Crippen MR) is 176 cm³/mol. The number of hydrogen-bond donors (Lipinski definition) is 0. The third-order valence-electron chi connectivity index (χ3n) is 8.48. The highest BCUT2D eigenvalue weighted by molar-refractivity contribution is 6.44. The Labute approximate surface area is 260 Å². The molecule has 0 unspecified atom stereocenters. The highest BCUT2D eigenvalue weighted by Crippen LogP contribution is 2.52. The normalized spacial score (nSPS) is 13.3. The standard InChI is InChI=1S/C41H26O4/c42-37(28-15-5-1-6-16-28)35-32-25-13-23-27-24-14-26-33(34(27)32)41(39(44)30-19-9-3-10-20-30,40(45)31-21-11-4-12-22-31)36(35)38(43)29-17-7-2-8-18-29/h1-26H. The summed E-state index contributed by atoms with van der Waals surface area (Å²) >= 11 is 0. The summed E-state index contributed by atoms with van der Waals surface area (Å²) < 4.78 is 0. The van der Waals surface area contributed by atoms with Crippen LogP contribution in [0, 0.1) is 0 Å². The minimum absolute atomic E-state index is 0.0490. The van der Waals surface area contributed by atoms with Crippen molar-refractivity contribution in [2.24, 2.45) is 0 Å². The Morgan fingerprint density at radius 1 is 0.400 bits per heavy atom. The Balaban J connectivity index is 1.72. The Bertz CT molecular complexity index is 2090. The Morgan fingerprint density at radius 2 is 0.822 bits per heavy atom. The van der Waals surface area contributed by atoms with Crippen LogP contribution in [0.2, 0.25) is 0 Å². The highest BCUT2D eigenvalue weighted by Gasteiger charge is 2.57. The topological polar surface area (TPSA) is 68.3 Å². The first-order valence-corrected chi connectivity index (χ1v) is 14.7. The highest BCUT2D eigenvalue weighted by atomic mass is 16.2. The van der Waals surface area contributed by atoms with Crippen molar-refractivity contribution in [3.8, 4) is 0 Å². The molecule has 6 aromatic rings. The number of carbonyl (C=O) groups is 4. The van der Waals surface area contributed by atoms with Crippen LogP contribution >= 0.6 is 0 Å². The van der Waals surface area contributed by atoms with Gasteiger partial charge < -0.3 is 0 Å². The number of benzene rings is 6. The first kappa shape index (κ1) is 27.8. The summed E-state index contributed by atoms with van der Waals surface area (Å²) in [4.78, 5) is 60.5. The molecule has 0 radical (unpaired) electrons. The van der Waals surface area contributed by atoms with Gasteiger partial charge in [-0.2, -0.15) is 0 Å². The van der Waals surface area contributed by atoms with E-state index in [4.69, 9.17) is 0 Å². The van der Waals surface area contributed by atoms with Crippen LogP contribution in [0.1, 0.15) is 52.6 Å². The van der Waals surface area contributed by atoms with Gasteiger partial charge in [0, 0.05) is 33.4 Å². The van der Waals surface area contributed by atoms with Gasteiger partial charge in [-0.3, -0.25) is 19.2 Å². The average molecular weight is 583 g/mol. The Kier molecular flexibility index (Phi) is 6.95. The van der Waals surface area contributed by atoms with Gasteiger partial charge in [-0.1, -0.05) is 158 Å². The van der Waals surface area contributed by atoms with Crippen molar-refractivity contribution in [2.45, 2.75) is 5.41 Å². The zero-order valence-corrected chi connectivity index (χ0v) is 24.1. The van der Waals surface area contributed by atoms with Crippen molar-refractivity contribution in [3.05, 3.63) is 197 Å². The fraction of sp³-hybridized carbons (Fsp3) is 0.0244. The molecule has 0 aromatic heterocycles. The van der Waals surface area contributed by atoms with Crippen LogP contribution in [0.25, 0.3) is 16.3 Å². The number of hydrogen-bond acceptors (Lipinski definition) is 4. The molecule has 0 saturated carbocycles. The van der Waals surface area contributed by atoms with Gasteiger partial charge in [-0.05, 0) is 21.9 Å². The third kappa shape index (κ3) is 4.38. The number of carbonyl (C=O) groups excluding carboxylic acids is 4. The van der Waals surface area contributed by atoms with E-state index < -0.39 is 28.5 Å². The van der Waals surface area contributed by atoms with Gasteiger partial charge in [0.25, 0.3) is 0 Å². The van der Waals surface area contributed by atoms with Crippen LogP contribution in [0.15, 0.2) is 163 Å². The molecule has 0 amide bonds. The maximum absolute atomic E-state index is 15.3. The summed E-state index contributed by atoms with van der Waals surface area (Å²) in [6.45, 7) is 0. The maximum Gasteiger partial charge on any atom is 0.194 e. The molecule has 0 bridgehead atoms. The van der Waals surface area contributed by atoms with Gasteiger partial charge in [0.15, 0.2) is 28.5 Å². The molecular weight excluding hydrogens is 556 g/mol. The molecule has 0 heterocycles. The van der Waals surface area contributed by atoms with Crippen LogP contribution < -0.4 is 0 Å². The number of ketones is 4. The average Bonchev–Trinajstić information content (AvgIpc) is 3.12. The molecule has 1 aliphatic carbocycles. The number of Topliss-reactive ketones (excluding diaryl/α,β-unsaturated/α-hetero) is 4. The molecule has 0 N–H and O–H groups in total. The predicted octanol–water partition coefficient (Wildman–Crippen LogP) is 8.38. The molecular formula is C41H26O4. The fourth-order valence-corrected chi connectivity index (χ4v) is 6.49. The summed E-state index contributed by atoms with van der Waals surface area (Å²) in [6.07, 6.45) is 0. The molecule has 214 valence electrons. The molecule has 0 fully saturated rings. The van der Waals surface area contributed by atoms with Crippen molar-refractivity contribution in [3.63, 3.8) is 0 Å². The van der Waals surface area contributed by atoms with Crippen LogP contribution in [0.5, 0.6) is 0 Å². The molecule has 0 spiro atoms. The summed E-state index contributed by atoms with van der Waals surface area (Å²) in [5, 5.41) is 1.35. The minimum atomic E-state index is -2.18. The second kappa shape index (κ2) is 11.3. The van der Waals surface area contributed by atoms with Gasteiger partial charge >= 0.3 is 0 Å². The lowest BCUT2D eigenvalue weighted by Gasteiger charge is -2.39. The number of rotatable bonds is 8. The van der Waals surface area contributed by atoms with E-state index in [1.54, 1.807) is 140 Å². The zero-order chi connectivity index (χ0) is 31.0. The molecule has 6 aromatic carbocycles. The van der Waals surface area contributed by atoms with Gasteiger partial charge in [-0.25, -0.2) is 0 Å². The molecule has 4 heteroatoms. The molecule has 0 atom stereocenters. The van der Waals surface area contributed by atoms with Crippen LogP contribution in [-0.4, -0.2) is 23.1 Å². The van der Waals surface area contributed by atoms with Crippen molar-refractivity contribution in [1.29, 1.82) is 0 Å². The van der Waals surface area contributed by atoms with Gasteiger partial charge in [-0.15, -0.1) is 0 Å².